The quantitative estimate of drug-likeness (QED) is 0.792. The van der Waals surface area contributed by atoms with Crippen molar-refractivity contribution in [1.29, 1.82) is 0 Å². The summed E-state index contributed by atoms with van der Waals surface area (Å²) in [4.78, 5) is 29.5. The smallest absolute Gasteiger partial charge is 0.412 e. The summed E-state index contributed by atoms with van der Waals surface area (Å²) in [6, 6.07) is 9.26. The first kappa shape index (κ1) is 20.3. The number of rotatable bonds is 2. The largest absolute Gasteiger partial charge is 0.444 e. The van der Waals surface area contributed by atoms with Gasteiger partial charge in [-0.15, -0.1) is 0 Å². The first-order chi connectivity index (χ1) is 11.8. The number of nitrogens with zero attached hydrogens (tertiary/aromatic N) is 2. The van der Waals surface area contributed by atoms with E-state index >= 15 is 0 Å². The van der Waals surface area contributed by atoms with E-state index in [9.17, 15) is 9.59 Å². The first-order valence-electron chi connectivity index (χ1n) is 9.17. The Morgan fingerprint density at radius 2 is 1.62 bits per heavy atom. The Bertz CT molecular complexity index is 658. The molecule has 1 fully saturated rings. The molecule has 1 saturated heterocycles. The number of likely N-dealkylation sites (N-methyl/N-ethyl adjacent to an activating group) is 1. The number of amides is 2. The highest BCUT2D eigenvalue weighted by molar-refractivity contribution is 5.90. The Labute approximate surface area is 157 Å². The van der Waals surface area contributed by atoms with Crippen LogP contribution >= 0.6 is 0 Å². The Morgan fingerprint density at radius 3 is 2.08 bits per heavy atom. The number of carbonyl (C=O) groups is 2. The van der Waals surface area contributed by atoms with Gasteiger partial charge in [-0.25, -0.2) is 4.79 Å². The van der Waals surface area contributed by atoms with Crippen LogP contribution in [0.15, 0.2) is 30.3 Å². The maximum atomic E-state index is 13.1. The number of hydrogen-bond donors (Lipinski definition) is 0. The van der Waals surface area contributed by atoms with Crippen molar-refractivity contribution in [3.63, 3.8) is 0 Å². The van der Waals surface area contributed by atoms with Crippen molar-refractivity contribution >= 4 is 12.0 Å². The van der Waals surface area contributed by atoms with Gasteiger partial charge >= 0.3 is 6.09 Å². The van der Waals surface area contributed by atoms with Crippen molar-refractivity contribution in [3.05, 3.63) is 35.9 Å². The van der Waals surface area contributed by atoms with Crippen molar-refractivity contribution in [1.82, 2.24) is 9.80 Å². The molecule has 0 radical (unpaired) electrons. The van der Waals surface area contributed by atoms with Crippen LogP contribution < -0.4 is 0 Å². The van der Waals surface area contributed by atoms with Crippen LogP contribution in [0.3, 0.4) is 0 Å². The van der Waals surface area contributed by atoms with Gasteiger partial charge in [-0.05, 0) is 26.3 Å². The molecule has 5 heteroatoms. The molecule has 0 aromatic heterocycles. The highest BCUT2D eigenvalue weighted by Gasteiger charge is 2.54. The minimum absolute atomic E-state index is 0.0489. The van der Waals surface area contributed by atoms with Gasteiger partial charge in [0, 0.05) is 18.4 Å². The topological polar surface area (TPSA) is 49.9 Å². The van der Waals surface area contributed by atoms with Crippen LogP contribution in [-0.2, 0) is 9.53 Å². The number of carbonyl (C=O) groups excluding carboxylic acids is 2. The second-order valence-corrected chi connectivity index (χ2v) is 9.22. The summed E-state index contributed by atoms with van der Waals surface area (Å²) < 4.78 is 5.67. The number of ether oxygens (including phenoxy) is 1. The van der Waals surface area contributed by atoms with Crippen molar-refractivity contribution < 1.29 is 14.3 Å². The molecule has 1 aliphatic heterocycles. The van der Waals surface area contributed by atoms with Gasteiger partial charge in [0.1, 0.15) is 17.8 Å². The average Bonchev–Trinajstić information content (AvgIpc) is 2.78. The van der Waals surface area contributed by atoms with E-state index in [1.165, 1.54) is 0 Å². The zero-order valence-corrected chi connectivity index (χ0v) is 17.2. The van der Waals surface area contributed by atoms with E-state index in [4.69, 9.17) is 4.74 Å². The van der Waals surface area contributed by atoms with E-state index < -0.39 is 17.7 Å². The highest BCUT2D eigenvalue weighted by atomic mass is 16.6. The van der Waals surface area contributed by atoms with Gasteiger partial charge in [0.25, 0.3) is 0 Å². The fourth-order valence-electron chi connectivity index (χ4n) is 3.71. The van der Waals surface area contributed by atoms with Crippen molar-refractivity contribution in [2.24, 2.45) is 5.41 Å². The third kappa shape index (κ3) is 4.02. The van der Waals surface area contributed by atoms with Gasteiger partial charge < -0.3 is 9.64 Å². The van der Waals surface area contributed by atoms with Crippen LogP contribution in [0, 0.1) is 5.41 Å². The highest BCUT2D eigenvalue weighted by Crippen LogP contribution is 2.39. The fraction of sp³-hybridized carbons (Fsp3) is 0.619. The van der Waals surface area contributed by atoms with Crippen LogP contribution in [0.2, 0.25) is 0 Å². The fourth-order valence-corrected chi connectivity index (χ4v) is 3.71. The Hall–Kier alpha value is -2.04. The monoisotopic (exact) mass is 360 g/mol. The Kier molecular flexibility index (Phi) is 5.41. The van der Waals surface area contributed by atoms with Crippen LogP contribution in [0.1, 0.15) is 59.9 Å². The molecule has 3 atom stereocenters. The molecule has 26 heavy (non-hydrogen) atoms. The second-order valence-electron chi connectivity index (χ2n) is 9.22. The van der Waals surface area contributed by atoms with E-state index in [1.54, 1.807) is 16.8 Å². The van der Waals surface area contributed by atoms with Gasteiger partial charge in [-0.2, -0.15) is 0 Å². The summed E-state index contributed by atoms with van der Waals surface area (Å²) in [6.07, 6.45) is -0.802. The molecule has 144 valence electrons. The third-order valence-corrected chi connectivity index (χ3v) is 4.71. The molecule has 5 nitrogen and oxygen atoms in total. The SMILES string of the molecule is C[C@@H](c1ccccc1)[C@H]1C(=O)N(C)[C@H](C(C)(C)C)N1C(=O)OC(C)(C)C. The van der Waals surface area contributed by atoms with Crippen LogP contribution in [0.25, 0.3) is 0 Å². The molecule has 2 amide bonds. The van der Waals surface area contributed by atoms with E-state index in [0.29, 0.717) is 0 Å². The van der Waals surface area contributed by atoms with E-state index in [0.717, 1.165) is 5.56 Å². The maximum absolute atomic E-state index is 13.1. The predicted molar refractivity (Wildman–Crippen MR) is 103 cm³/mol. The van der Waals surface area contributed by atoms with Crippen molar-refractivity contribution in [2.45, 2.75) is 72.2 Å². The van der Waals surface area contributed by atoms with E-state index in [-0.39, 0.29) is 23.4 Å². The van der Waals surface area contributed by atoms with Crippen molar-refractivity contribution in [2.75, 3.05) is 7.05 Å². The first-order valence-corrected chi connectivity index (χ1v) is 9.17. The summed E-state index contributed by atoms with van der Waals surface area (Å²) in [5, 5.41) is 0. The Balaban J connectivity index is 2.49. The molecule has 0 saturated carbocycles. The number of hydrogen-bond acceptors (Lipinski definition) is 3. The molecule has 1 aromatic carbocycles. The molecular weight excluding hydrogens is 328 g/mol. The molecule has 1 aliphatic rings. The number of benzene rings is 1. The lowest BCUT2D eigenvalue weighted by Gasteiger charge is -2.40. The van der Waals surface area contributed by atoms with Crippen LogP contribution in [0.5, 0.6) is 0 Å². The molecule has 0 bridgehead atoms. The summed E-state index contributed by atoms with van der Waals surface area (Å²) in [7, 11) is 1.77. The summed E-state index contributed by atoms with van der Waals surface area (Å²) in [5.41, 5.74) is 0.110. The summed E-state index contributed by atoms with van der Waals surface area (Å²) in [5.74, 6) is -0.182. The lowest BCUT2D eigenvalue weighted by Crippen LogP contribution is -2.52. The lowest BCUT2D eigenvalue weighted by molar-refractivity contribution is -0.130. The molecular formula is C21H32N2O3. The summed E-state index contributed by atoms with van der Waals surface area (Å²) >= 11 is 0. The summed E-state index contributed by atoms with van der Waals surface area (Å²) in [6.45, 7) is 13.6. The molecule has 0 aliphatic carbocycles. The molecule has 0 spiro atoms. The van der Waals surface area contributed by atoms with Gasteiger partial charge in [-0.1, -0.05) is 58.0 Å². The average molecular weight is 360 g/mol. The standard InChI is InChI=1S/C21H32N2O3/c1-14(15-12-10-9-11-13-15)16-17(24)22(8)18(20(2,3)4)23(16)19(25)26-21(5,6)7/h9-14,16,18H,1-8H3/t14-,16-,18-/m0/s1. The second kappa shape index (κ2) is 6.93. The van der Waals surface area contributed by atoms with Gasteiger partial charge in [0.05, 0.1) is 0 Å². The van der Waals surface area contributed by atoms with Gasteiger partial charge in [0.2, 0.25) is 5.91 Å². The third-order valence-electron chi connectivity index (χ3n) is 4.71. The molecule has 0 unspecified atom stereocenters. The van der Waals surface area contributed by atoms with E-state index in [2.05, 4.69) is 0 Å². The lowest BCUT2D eigenvalue weighted by atomic mass is 9.89. The zero-order valence-electron chi connectivity index (χ0n) is 17.2. The Morgan fingerprint density at radius 1 is 1.08 bits per heavy atom. The van der Waals surface area contributed by atoms with Gasteiger partial charge in [0.15, 0.2) is 0 Å². The molecule has 0 N–H and O–H groups in total. The minimum Gasteiger partial charge on any atom is -0.444 e. The maximum Gasteiger partial charge on any atom is 0.412 e. The van der Waals surface area contributed by atoms with E-state index in [1.807, 2.05) is 78.8 Å². The molecule has 2 rings (SSSR count). The van der Waals surface area contributed by atoms with Gasteiger partial charge in [-0.3, -0.25) is 9.69 Å². The zero-order chi connectivity index (χ0) is 19.9. The van der Waals surface area contributed by atoms with Crippen LogP contribution in [0.4, 0.5) is 4.79 Å². The molecule has 1 aromatic rings. The molecule has 1 heterocycles. The minimum atomic E-state index is -0.621. The normalized spacial score (nSPS) is 22.5. The van der Waals surface area contributed by atoms with Crippen LogP contribution in [-0.4, -0.2) is 46.7 Å². The van der Waals surface area contributed by atoms with Crippen molar-refractivity contribution in [3.8, 4) is 0 Å². The predicted octanol–water partition coefficient (Wildman–Crippen LogP) is 4.24.